The summed E-state index contributed by atoms with van der Waals surface area (Å²) in [6.45, 7) is 3.42. The Morgan fingerprint density at radius 3 is 2.81 bits per heavy atom. The summed E-state index contributed by atoms with van der Waals surface area (Å²) in [6, 6.07) is 4.39. The summed E-state index contributed by atoms with van der Waals surface area (Å²) in [7, 11) is 0. The van der Waals surface area contributed by atoms with Crippen molar-refractivity contribution in [2.24, 2.45) is 0 Å². The van der Waals surface area contributed by atoms with Gasteiger partial charge in [0.1, 0.15) is 0 Å². The van der Waals surface area contributed by atoms with Crippen LogP contribution >= 0.6 is 0 Å². The third-order valence-corrected chi connectivity index (χ3v) is 2.81. The fraction of sp³-hybridized carbons (Fsp3) is 0.231. The number of rotatable bonds is 5. The second-order valence-electron chi connectivity index (χ2n) is 4.10. The molecule has 0 atom stereocenters. The van der Waals surface area contributed by atoms with Crippen LogP contribution in [0.15, 0.2) is 22.6 Å². The van der Waals surface area contributed by atoms with Gasteiger partial charge in [0.15, 0.2) is 0 Å². The van der Waals surface area contributed by atoms with Gasteiger partial charge in [-0.1, -0.05) is 6.07 Å². The molecule has 0 amide bonds. The van der Waals surface area contributed by atoms with Crippen molar-refractivity contribution in [1.82, 2.24) is 4.98 Å². The number of aromatic nitrogens is 1. The SMILES string of the molecule is CCOc1oc(-c2cccc([N+](=O)[O-])c2C)nc1C(=O)O. The number of hydrogen-bond donors (Lipinski definition) is 1. The summed E-state index contributed by atoms with van der Waals surface area (Å²) in [5, 5.41) is 20.0. The normalized spacial score (nSPS) is 10.4. The Balaban J connectivity index is 2.57. The van der Waals surface area contributed by atoms with Gasteiger partial charge in [0.05, 0.1) is 11.5 Å². The summed E-state index contributed by atoms with van der Waals surface area (Å²) in [4.78, 5) is 25.3. The Morgan fingerprint density at radius 2 is 2.24 bits per heavy atom. The van der Waals surface area contributed by atoms with Gasteiger partial charge in [-0.15, -0.1) is 0 Å². The fourth-order valence-electron chi connectivity index (χ4n) is 1.84. The van der Waals surface area contributed by atoms with Crippen LogP contribution in [0.1, 0.15) is 23.0 Å². The van der Waals surface area contributed by atoms with Crippen LogP contribution in [-0.4, -0.2) is 27.6 Å². The van der Waals surface area contributed by atoms with Crippen LogP contribution in [0.3, 0.4) is 0 Å². The molecule has 0 radical (unpaired) electrons. The second kappa shape index (κ2) is 5.61. The van der Waals surface area contributed by atoms with E-state index >= 15 is 0 Å². The number of carbonyl (C=O) groups is 1. The lowest BCUT2D eigenvalue weighted by atomic mass is 10.1. The van der Waals surface area contributed by atoms with E-state index in [0.717, 1.165) is 0 Å². The smallest absolute Gasteiger partial charge is 0.362 e. The molecule has 2 aromatic rings. The van der Waals surface area contributed by atoms with Crippen LogP contribution in [0.5, 0.6) is 5.95 Å². The number of benzene rings is 1. The van der Waals surface area contributed by atoms with E-state index < -0.39 is 10.9 Å². The van der Waals surface area contributed by atoms with E-state index in [2.05, 4.69) is 4.98 Å². The molecular weight excluding hydrogens is 280 g/mol. The number of oxazole rings is 1. The zero-order valence-corrected chi connectivity index (χ0v) is 11.3. The third kappa shape index (κ3) is 2.69. The largest absolute Gasteiger partial charge is 0.476 e. The van der Waals surface area contributed by atoms with Gasteiger partial charge < -0.3 is 14.3 Å². The van der Waals surface area contributed by atoms with Crippen LogP contribution in [0.25, 0.3) is 11.5 Å². The summed E-state index contributed by atoms with van der Waals surface area (Å²) in [6.07, 6.45) is 0. The molecule has 0 unspecified atom stereocenters. The van der Waals surface area contributed by atoms with Crippen LogP contribution in [0, 0.1) is 17.0 Å². The predicted octanol–water partition coefficient (Wildman–Crippen LogP) is 2.66. The van der Waals surface area contributed by atoms with Gasteiger partial charge in [0, 0.05) is 17.2 Å². The van der Waals surface area contributed by atoms with E-state index in [9.17, 15) is 14.9 Å². The van der Waals surface area contributed by atoms with E-state index in [-0.39, 0.29) is 29.8 Å². The molecule has 8 heteroatoms. The number of carboxylic acids is 1. The minimum absolute atomic E-state index is 0.0305. The van der Waals surface area contributed by atoms with E-state index in [4.69, 9.17) is 14.3 Å². The molecule has 1 aromatic carbocycles. The minimum Gasteiger partial charge on any atom is -0.476 e. The molecule has 0 aliphatic heterocycles. The average Bonchev–Trinajstić information content (AvgIpc) is 2.83. The molecular formula is C13H12N2O6. The van der Waals surface area contributed by atoms with Crippen LogP contribution in [-0.2, 0) is 0 Å². The first-order valence-electron chi connectivity index (χ1n) is 6.07. The topological polar surface area (TPSA) is 116 Å². The summed E-state index contributed by atoms with van der Waals surface area (Å²) in [5.41, 5.74) is 0.222. The predicted molar refractivity (Wildman–Crippen MR) is 71.5 cm³/mol. The number of nitro groups is 1. The Kier molecular flexibility index (Phi) is 3.88. The van der Waals surface area contributed by atoms with Crippen molar-refractivity contribution < 1.29 is 24.0 Å². The van der Waals surface area contributed by atoms with Crippen LogP contribution in [0.4, 0.5) is 5.69 Å². The summed E-state index contributed by atoms with van der Waals surface area (Å²) < 4.78 is 10.4. The molecule has 0 aliphatic rings. The van der Waals surface area contributed by atoms with Crippen molar-refractivity contribution in [1.29, 1.82) is 0 Å². The lowest BCUT2D eigenvalue weighted by molar-refractivity contribution is -0.385. The molecule has 0 saturated heterocycles. The first-order chi connectivity index (χ1) is 9.95. The first-order valence-corrected chi connectivity index (χ1v) is 6.07. The molecule has 0 aliphatic carbocycles. The third-order valence-electron chi connectivity index (χ3n) is 2.81. The summed E-state index contributed by atoms with van der Waals surface area (Å²) >= 11 is 0. The maximum atomic E-state index is 11.1. The molecule has 1 heterocycles. The van der Waals surface area contributed by atoms with Crippen molar-refractivity contribution >= 4 is 11.7 Å². The number of ether oxygens (including phenoxy) is 1. The average molecular weight is 292 g/mol. The number of nitro benzene ring substituents is 1. The highest BCUT2D eigenvalue weighted by Gasteiger charge is 2.24. The van der Waals surface area contributed by atoms with Gasteiger partial charge in [-0.3, -0.25) is 10.1 Å². The van der Waals surface area contributed by atoms with Gasteiger partial charge in [-0.05, 0) is 19.9 Å². The minimum atomic E-state index is -1.29. The number of carboxylic acid groups (broad SMARTS) is 1. The highest BCUT2D eigenvalue weighted by molar-refractivity contribution is 5.88. The van der Waals surface area contributed by atoms with Crippen molar-refractivity contribution in [2.45, 2.75) is 13.8 Å². The monoisotopic (exact) mass is 292 g/mol. The lowest BCUT2D eigenvalue weighted by Gasteiger charge is -2.02. The zero-order valence-electron chi connectivity index (χ0n) is 11.3. The molecule has 8 nitrogen and oxygen atoms in total. The molecule has 21 heavy (non-hydrogen) atoms. The second-order valence-corrected chi connectivity index (χ2v) is 4.10. The van der Waals surface area contributed by atoms with Gasteiger partial charge in [-0.2, -0.15) is 4.98 Å². The van der Waals surface area contributed by atoms with Crippen molar-refractivity contribution in [3.63, 3.8) is 0 Å². The molecule has 0 spiro atoms. The van der Waals surface area contributed by atoms with Gasteiger partial charge >= 0.3 is 11.9 Å². The lowest BCUT2D eigenvalue weighted by Crippen LogP contribution is -2.01. The first kappa shape index (κ1) is 14.5. The van der Waals surface area contributed by atoms with Crippen molar-refractivity contribution in [3.05, 3.63) is 39.6 Å². The molecule has 0 bridgehead atoms. The number of nitrogens with zero attached hydrogens (tertiary/aromatic N) is 2. The molecule has 2 rings (SSSR count). The van der Waals surface area contributed by atoms with Crippen LogP contribution in [0.2, 0.25) is 0 Å². The van der Waals surface area contributed by atoms with E-state index in [1.54, 1.807) is 19.9 Å². The highest BCUT2D eigenvalue weighted by Crippen LogP contribution is 2.33. The Hall–Kier alpha value is -2.90. The molecule has 110 valence electrons. The van der Waals surface area contributed by atoms with Gasteiger partial charge in [0.2, 0.25) is 11.6 Å². The standard InChI is InChI=1S/C13H12N2O6/c1-3-20-13-10(12(16)17)14-11(21-13)8-5-4-6-9(7(8)2)15(18)19/h4-6H,3H2,1-2H3,(H,16,17). The maximum absolute atomic E-state index is 11.1. The highest BCUT2D eigenvalue weighted by atomic mass is 16.6. The molecule has 0 saturated carbocycles. The van der Waals surface area contributed by atoms with Crippen molar-refractivity contribution in [2.75, 3.05) is 6.61 Å². The van der Waals surface area contributed by atoms with E-state index in [1.165, 1.54) is 12.1 Å². The molecule has 0 fully saturated rings. The Labute approximate surface area is 119 Å². The molecule has 1 N–H and O–H groups in total. The van der Waals surface area contributed by atoms with Gasteiger partial charge in [0.25, 0.3) is 5.69 Å². The quantitative estimate of drug-likeness (QED) is 0.665. The van der Waals surface area contributed by atoms with Gasteiger partial charge in [-0.25, -0.2) is 4.79 Å². The Bertz CT molecular complexity index is 707. The zero-order chi connectivity index (χ0) is 15.6. The number of aromatic carboxylic acids is 1. The summed E-state index contributed by atoms with van der Waals surface area (Å²) in [5.74, 6) is -1.54. The maximum Gasteiger partial charge on any atom is 0.362 e. The van der Waals surface area contributed by atoms with E-state index in [1.807, 2.05) is 0 Å². The van der Waals surface area contributed by atoms with E-state index in [0.29, 0.717) is 11.1 Å². The number of hydrogen-bond acceptors (Lipinski definition) is 6. The van der Waals surface area contributed by atoms with Crippen molar-refractivity contribution in [3.8, 4) is 17.4 Å². The fourth-order valence-corrected chi connectivity index (χ4v) is 1.84. The van der Waals surface area contributed by atoms with Crippen LogP contribution < -0.4 is 4.74 Å². The molecule has 1 aromatic heterocycles. The Morgan fingerprint density at radius 1 is 1.52 bits per heavy atom.